The zero-order chi connectivity index (χ0) is 27.7. The molecular weight excluding hydrogens is 505 g/mol. The maximum absolute atomic E-state index is 13.9. The Balaban J connectivity index is 2.03. The number of nitrogens with one attached hydrogen (secondary N) is 1. The van der Waals surface area contributed by atoms with E-state index in [0.717, 1.165) is 34.0 Å². The first-order chi connectivity index (χ1) is 18.2. The highest BCUT2D eigenvalue weighted by atomic mass is 32.2. The molecule has 202 valence electrons. The molecule has 3 rings (SSSR count). The van der Waals surface area contributed by atoms with Crippen molar-refractivity contribution < 1.29 is 22.4 Å². The Labute approximate surface area is 224 Å². The van der Waals surface area contributed by atoms with Gasteiger partial charge in [0.05, 0.1) is 10.6 Å². The molecule has 3 aromatic rings. The Bertz CT molecular complexity index is 1310. The molecule has 0 aliphatic heterocycles. The smallest absolute Gasteiger partial charge is 0.264 e. The van der Waals surface area contributed by atoms with Gasteiger partial charge in [0.1, 0.15) is 18.4 Å². The first kappa shape index (κ1) is 28.8. The number of hydrogen-bond donors (Lipinski definition) is 1. The van der Waals surface area contributed by atoms with Crippen molar-refractivity contribution in [3.8, 4) is 0 Å². The second-order valence-electron chi connectivity index (χ2n) is 9.02. The topological polar surface area (TPSA) is 86.8 Å². The first-order valence-corrected chi connectivity index (χ1v) is 14.1. The van der Waals surface area contributed by atoms with E-state index in [0.29, 0.717) is 13.0 Å². The van der Waals surface area contributed by atoms with Crippen LogP contribution in [0.25, 0.3) is 0 Å². The van der Waals surface area contributed by atoms with Crippen molar-refractivity contribution in [2.45, 2.75) is 51.1 Å². The summed E-state index contributed by atoms with van der Waals surface area (Å²) in [7, 11) is -4.23. The summed E-state index contributed by atoms with van der Waals surface area (Å²) >= 11 is 0. The molecule has 0 aliphatic carbocycles. The maximum atomic E-state index is 13.9. The van der Waals surface area contributed by atoms with E-state index in [1.807, 2.05) is 51.1 Å². The van der Waals surface area contributed by atoms with Gasteiger partial charge in [-0.3, -0.25) is 13.9 Å². The number of aryl methyl sites for hydroxylation is 1. The van der Waals surface area contributed by atoms with Crippen LogP contribution in [0.15, 0.2) is 83.8 Å². The largest absolute Gasteiger partial charge is 0.354 e. The zero-order valence-corrected chi connectivity index (χ0v) is 22.7. The highest BCUT2D eigenvalue weighted by Crippen LogP contribution is 2.25. The van der Waals surface area contributed by atoms with E-state index in [-0.39, 0.29) is 23.0 Å². The minimum Gasteiger partial charge on any atom is -0.354 e. The van der Waals surface area contributed by atoms with Crippen LogP contribution >= 0.6 is 0 Å². The molecule has 0 aliphatic rings. The molecule has 1 atom stereocenters. The van der Waals surface area contributed by atoms with Crippen LogP contribution in [0.5, 0.6) is 0 Å². The summed E-state index contributed by atoms with van der Waals surface area (Å²) in [6, 6.07) is 19.7. The molecule has 0 saturated heterocycles. The molecule has 0 spiro atoms. The van der Waals surface area contributed by atoms with E-state index in [1.54, 1.807) is 24.3 Å². The van der Waals surface area contributed by atoms with E-state index < -0.39 is 34.3 Å². The van der Waals surface area contributed by atoms with Crippen molar-refractivity contribution in [2.75, 3.05) is 17.4 Å². The van der Waals surface area contributed by atoms with Gasteiger partial charge < -0.3 is 10.2 Å². The lowest BCUT2D eigenvalue weighted by Crippen LogP contribution is -2.52. The summed E-state index contributed by atoms with van der Waals surface area (Å²) in [5.41, 5.74) is 2.02. The van der Waals surface area contributed by atoms with E-state index in [4.69, 9.17) is 0 Å². The molecule has 0 aromatic heterocycles. The van der Waals surface area contributed by atoms with Crippen LogP contribution in [0.1, 0.15) is 37.8 Å². The molecule has 9 heteroatoms. The molecule has 0 heterocycles. The first-order valence-electron chi connectivity index (χ1n) is 12.6. The van der Waals surface area contributed by atoms with Crippen molar-refractivity contribution in [3.05, 3.63) is 95.8 Å². The number of nitrogens with zero attached hydrogens (tertiary/aromatic N) is 2. The van der Waals surface area contributed by atoms with Crippen LogP contribution in [-0.2, 0) is 26.2 Å². The molecule has 0 radical (unpaired) electrons. The third-order valence-corrected chi connectivity index (χ3v) is 7.92. The summed E-state index contributed by atoms with van der Waals surface area (Å²) in [5, 5.41) is 2.86. The number of rotatable bonds is 12. The number of carbonyl (C=O) groups excluding carboxylic acids is 2. The van der Waals surface area contributed by atoms with E-state index in [1.165, 1.54) is 17.0 Å². The second-order valence-corrected chi connectivity index (χ2v) is 10.9. The van der Waals surface area contributed by atoms with Crippen LogP contribution < -0.4 is 9.62 Å². The predicted octanol–water partition coefficient (Wildman–Crippen LogP) is 4.66. The average Bonchev–Trinajstić information content (AvgIpc) is 2.91. The van der Waals surface area contributed by atoms with Crippen LogP contribution in [0.2, 0.25) is 0 Å². The average molecular weight is 540 g/mol. The molecule has 38 heavy (non-hydrogen) atoms. The van der Waals surface area contributed by atoms with Gasteiger partial charge in [-0.2, -0.15) is 0 Å². The number of benzene rings is 3. The van der Waals surface area contributed by atoms with Gasteiger partial charge in [-0.15, -0.1) is 0 Å². The van der Waals surface area contributed by atoms with Crippen molar-refractivity contribution in [3.63, 3.8) is 0 Å². The minimum absolute atomic E-state index is 0.135. The molecule has 0 bridgehead atoms. The molecule has 2 amide bonds. The fourth-order valence-electron chi connectivity index (χ4n) is 4.04. The summed E-state index contributed by atoms with van der Waals surface area (Å²) < 4.78 is 42.0. The van der Waals surface area contributed by atoms with Crippen LogP contribution in [0, 0.1) is 12.7 Å². The van der Waals surface area contributed by atoms with Crippen molar-refractivity contribution in [1.82, 2.24) is 10.2 Å². The number of anilines is 1. The summed E-state index contributed by atoms with van der Waals surface area (Å²) in [6.45, 7) is 5.69. The highest BCUT2D eigenvalue weighted by Gasteiger charge is 2.33. The number of hydrogen-bond acceptors (Lipinski definition) is 4. The predicted molar refractivity (Wildman–Crippen MR) is 146 cm³/mol. The van der Waals surface area contributed by atoms with Gasteiger partial charge in [0.2, 0.25) is 11.8 Å². The highest BCUT2D eigenvalue weighted by molar-refractivity contribution is 7.92. The Hall–Kier alpha value is -3.72. The Kier molecular flexibility index (Phi) is 10.0. The molecule has 0 saturated carbocycles. The quantitative estimate of drug-likeness (QED) is 0.363. The molecule has 3 aromatic carbocycles. The summed E-state index contributed by atoms with van der Waals surface area (Å²) in [6.07, 6.45) is 1.09. The number of carbonyl (C=O) groups is 2. The zero-order valence-electron chi connectivity index (χ0n) is 21.9. The van der Waals surface area contributed by atoms with E-state index >= 15 is 0 Å². The molecule has 0 unspecified atom stereocenters. The maximum Gasteiger partial charge on any atom is 0.264 e. The Morgan fingerprint density at radius 2 is 1.55 bits per heavy atom. The normalized spacial score (nSPS) is 12.0. The van der Waals surface area contributed by atoms with Gasteiger partial charge in [-0.05, 0) is 61.7 Å². The SMILES string of the molecule is CCCNC(=O)[C@@H](CC)N(Cc1ccccc1)C(=O)CN(c1ccc(C)cc1)S(=O)(=O)c1ccc(F)cc1. The number of amides is 2. The van der Waals surface area contributed by atoms with Gasteiger partial charge in [-0.25, -0.2) is 12.8 Å². The number of sulfonamides is 1. The van der Waals surface area contributed by atoms with Crippen molar-refractivity contribution in [1.29, 1.82) is 0 Å². The Morgan fingerprint density at radius 3 is 2.13 bits per heavy atom. The fraction of sp³-hybridized carbons (Fsp3) is 0.310. The van der Waals surface area contributed by atoms with Gasteiger partial charge in [0, 0.05) is 13.1 Å². The lowest BCUT2D eigenvalue weighted by atomic mass is 10.1. The van der Waals surface area contributed by atoms with Gasteiger partial charge in [-0.1, -0.05) is 61.9 Å². The summed E-state index contributed by atoms with van der Waals surface area (Å²) in [5.74, 6) is -1.39. The fourth-order valence-corrected chi connectivity index (χ4v) is 5.45. The van der Waals surface area contributed by atoms with Crippen LogP contribution in [0.3, 0.4) is 0 Å². The lowest BCUT2D eigenvalue weighted by Gasteiger charge is -2.33. The van der Waals surface area contributed by atoms with Crippen molar-refractivity contribution in [2.24, 2.45) is 0 Å². The van der Waals surface area contributed by atoms with E-state index in [2.05, 4.69) is 5.32 Å². The number of halogens is 1. The van der Waals surface area contributed by atoms with Gasteiger partial charge >= 0.3 is 0 Å². The molecule has 1 N–H and O–H groups in total. The third kappa shape index (κ3) is 7.19. The van der Waals surface area contributed by atoms with Crippen LogP contribution in [-0.4, -0.2) is 44.3 Å². The Morgan fingerprint density at radius 1 is 0.921 bits per heavy atom. The standard InChI is InChI=1S/C29H34FN3O4S/c1-4-19-31-29(35)27(5-2)32(20-23-9-7-6-8-10-23)28(34)21-33(25-15-11-22(3)12-16-25)38(36,37)26-17-13-24(30)14-18-26/h6-18,27H,4-5,19-21H2,1-3H3,(H,31,35)/t27-/m1/s1. The second kappa shape index (κ2) is 13.2. The summed E-state index contributed by atoms with van der Waals surface area (Å²) in [4.78, 5) is 28.2. The lowest BCUT2D eigenvalue weighted by molar-refractivity contribution is -0.140. The van der Waals surface area contributed by atoms with Crippen molar-refractivity contribution >= 4 is 27.5 Å². The van der Waals surface area contributed by atoms with Gasteiger partial charge in [0.25, 0.3) is 10.0 Å². The van der Waals surface area contributed by atoms with E-state index in [9.17, 15) is 22.4 Å². The minimum atomic E-state index is -4.23. The van der Waals surface area contributed by atoms with Crippen LogP contribution in [0.4, 0.5) is 10.1 Å². The molecular formula is C29H34FN3O4S. The monoisotopic (exact) mass is 539 g/mol. The molecule has 7 nitrogen and oxygen atoms in total. The third-order valence-electron chi connectivity index (χ3n) is 6.13. The molecule has 0 fully saturated rings. The van der Waals surface area contributed by atoms with Gasteiger partial charge in [0.15, 0.2) is 0 Å².